The van der Waals surface area contributed by atoms with Gasteiger partial charge in [0.1, 0.15) is 18.0 Å². The molecule has 6 rings (SSSR count). The molecule has 3 N–H and O–H groups in total. The molecule has 8 nitrogen and oxygen atoms in total. The van der Waals surface area contributed by atoms with Crippen molar-refractivity contribution in [2.45, 2.75) is 33.2 Å². The summed E-state index contributed by atoms with van der Waals surface area (Å²) in [5.74, 6) is 1.55. The number of ether oxygens (including phenoxy) is 1. The molecule has 0 bridgehead atoms. The molecular weight excluding hydrogens is 464 g/mol. The van der Waals surface area contributed by atoms with Crippen LogP contribution in [0.5, 0.6) is 5.75 Å². The summed E-state index contributed by atoms with van der Waals surface area (Å²) in [5.41, 5.74) is 12.7. The number of nitrogens with two attached hydrogens (primary N) is 1. The molecule has 186 valence electrons. The minimum atomic E-state index is -0.291. The lowest BCUT2D eigenvalue weighted by atomic mass is 9.99. The van der Waals surface area contributed by atoms with E-state index in [4.69, 9.17) is 15.5 Å². The van der Waals surface area contributed by atoms with Gasteiger partial charge in [-0.3, -0.25) is 4.98 Å². The van der Waals surface area contributed by atoms with Crippen LogP contribution >= 0.6 is 0 Å². The van der Waals surface area contributed by atoms with Crippen molar-refractivity contribution in [1.29, 1.82) is 0 Å². The Balaban J connectivity index is 1.54. The summed E-state index contributed by atoms with van der Waals surface area (Å²) in [5, 5.41) is 3.34. The number of rotatable bonds is 7. The Labute approximate surface area is 214 Å². The number of H-pyrrole nitrogens is 1. The largest absolute Gasteiger partial charge is 0.493 e. The molecule has 1 aliphatic carbocycles. The smallest absolute Gasteiger partial charge is 0.428 e. The lowest BCUT2D eigenvalue weighted by Crippen LogP contribution is -2.44. The average Bonchev–Trinajstić information content (AvgIpc) is 3.66. The zero-order valence-electron chi connectivity index (χ0n) is 20.9. The van der Waals surface area contributed by atoms with Crippen molar-refractivity contribution in [3.63, 3.8) is 0 Å². The predicted molar refractivity (Wildman–Crippen MR) is 142 cm³/mol. The first-order chi connectivity index (χ1) is 18.0. The molecule has 3 aromatic heterocycles. The number of hydrogen-bond donors (Lipinski definition) is 2. The topological polar surface area (TPSA) is 103 Å². The van der Waals surface area contributed by atoms with Crippen molar-refractivity contribution in [1.82, 2.24) is 19.7 Å². The van der Waals surface area contributed by atoms with E-state index in [1.54, 1.807) is 4.68 Å². The first-order valence-corrected chi connectivity index (χ1v) is 12.5. The van der Waals surface area contributed by atoms with Crippen molar-refractivity contribution in [3.8, 4) is 28.1 Å². The summed E-state index contributed by atoms with van der Waals surface area (Å²) in [6, 6.07) is 21.7. The highest BCUT2D eigenvalue weighted by Crippen LogP contribution is 2.33. The molecule has 2 aromatic carbocycles. The molecule has 37 heavy (non-hydrogen) atoms. The molecule has 0 aliphatic heterocycles. The van der Waals surface area contributed by atoms with E-state index >= 15 is 0 Å². The molecule has 0 amide bonds. The van der Waals surface area contributed by atoms with E-state index in [2.05, 4.69) is 10.1 Å². The fourth-order valence-corrected chi connectivity index (χ4v) is 4.76. The third-order valence-corrected chi connectivity index (χ3v) is 6.71. The lowest BCUT2D eigenvalue weighted by molar-refractivity contribution is -0.516. The van der Waals surface area contributed by atoms with Crippen LogP contribution in [-0.4, -0.2) is 26.4 Å². The highest BCUT2D eigenvalue weighted by atomic mass is 16.5. The van der Waals surface area contributed by atoms with Crippen LogP contribution < -0.4 is 20.6 Å². The standard InChI is InChI=1S/C29H28N6O2/c1-18-14-23(15-19(2)31-18)25-26(21-8-4-3-5-9-21)32-28(30)35-27(25)33-34(29(35)36)16-22-10-6-7-11-24(22)37-17-20-12-13-20/h3-11,14-15,20H,12-13,16-17H2,1-2H3,(H2,30,31,32,33)/p+1. The van der Waals surface area contributed by atoms with Crippen molar-refractivity contribution in [3.05, 3.63) is 94.2 Å². The fourth-order valence-electron chi connectivity index (χ4n) is 4.76. The third kappa shape index (κ3) is 4.46. The van der Waals surface area contributed by atoms with E-state index < -0.39 is 0 Å². The normalized spacial score (nSPS) is 13.2. The zero-order chi connectivity index (χ0) is 25.5. The van der Waals surface area contributed by atoms with E-state index in [1.807, 2.05) is 80.6 Å². The molecule has 0 saturated heterocycles. The Hall–Kier alpha value is -4.46. The first kappa shape index (κ1) is 23.0. The number of nitrogens with zero attached hydrogens (tertiary/aromatic N) is 4. The monoisotopic (exact) mass is 493 g/mol. The number of fused-ring (bicyclic) bond motifs is 1. The number of aromatic amines is 1. The quantitative estimate of drug-likeness (QED) is 0.333. The maximum absolute atomic E-state index is 13.6. The van der Waals surface area contributed by atoms with Gasteiger partial charge in [0, 0.05) is 22.5 Å². The number of hydrogen-bond acceptors (Lipinski definition) is 5. The van der Waals surface area contributed by atoms with Gasteiger partial charge >= 0.3 is 11.6 Å². The Morgan fingerprint density at radius 2 is 1.70 bits per heavy atom. The predicted octanol–water partition coefficient (Wildman–Crippen LogP) is 4.08. The summed E-state index contributed by atoms with van der Waals surface area (Å²) in [4.78, 5) is 22.9. The minimum absolute atomic E-state index is 0.123. The number of nitrogens with one attached hydrogen (secondary N) is 1. The van der Waals surface area contributed by atoms with Crippen LogP contribution in [0.1, 0.15) is 29.8 Å². The van der Waals surface area contributed by atoms with Gasteiger partial charge in [0.15, 0.2) is 0 Å². The molecule has 5 aromatic rings. The second kappa shape index (κ2) is 9.20. The molecule has 1 aliphatic rings. The molecule has 1 fully saturated rings. The van der Waals surface area contributed by atoms with E-state index in [9.17, 15) is 4.79 Å². The maximum atomic E-state index is 13.6. The average molecular weight is 494 g/mol. The van der Waals surface area contributed by atoms with Gasteiger partial charge < -0.3 is 10.5 Å². The van der Waals surface area contributed by atoms with E-state index in [0.29, 0.717) is 30.4 Å². The minimum Gasteiger partial charge on any atom is -0.493 e. The summed E-state index contributed by atoms with van der Waals surface area (Å²) < 4.78 is 9.09. The van der Waals surface area contributed by atoms with Crippen LogP contribution in [0.4, 0.5) is 5.95 Å². The number of pyridine rings is 1. The van der Waals surface area contributed by atoms with Gasteiger partial charge in [-0.25, -0.2) is 9.89 Å². The van der Waals surface area contributed by atoms with Crippen LogP contribution in [0.3, 0.4) is 0 Å². The van der Waals surface area contributed by atoms with Gasteiger partial charge in [0.05, 0.1) is 12.2 Å². The Kier molecular flexibility index (Phi) is 5.71. The lowest BCUT2D eigenvalue weighted by Gasteiger charge is -2.10. The van der Waals surface area contributed by atoms with Crippen molar-refractivity contribution >= 4 is 11.6 Å². The number of benzene rings is 2. The van der Waals surface area contributed by atoms with E-state index in [1.165, 1.54) is 17.2 Å². The molecule has 0 unspecified atom stereocenters. The van der Waals surface area contributed by atoms with E-state index in [-0.39, 0.29) is 11.6 Å². The van der Waals surface area contributed by atoms with Gasteiger partial charge in [-0.2, -0.15) is 4.68 Å². The van der Waals surface area contributed by atoms with Gasteiger partial charge in [-0.05, 0) is 56.4 Å². The van der Waals surface area contributed by atoms with Crippen LogP contribution in [0.2, 0.25) is 0 Å². The van der Waals surface area contributed by atoms with Crippen LogP contribution in [0, 0.1) is 19.8 Å². The SMILES string of the molecule is Cc1cc(-c2c(-c3ccccc3)nc(N)[n+]3c(=O)n(Cc4ccccc4OCC4CC4)[nH]c23)cc(C)n1. The number of para-hydroxylation sites is 1. The molecule has 0 spiro atoms. The van der Waals surface area contributed by atoms with Crippen LogP contribution in [0.25, 0.3) is 28.0 Å². The number of nitrogen functional groups attached to an aromatic ring is 1. The first-order valence-electron chi connectivity index (χ1n) is 12.5. The van der Waals surface area contributed by atoms with Crippen molar-refractivity contribution in [2.24, 2.45) is 5.92 Å². The number of anilines is 1. The summed E-state index contributed by atoms with van der Waals surface area (Å²) in [6.45, 7) is 4.94. The van der Waals surface area contributed by atoms with Gasteiger partial charge in [-0.15, -0.1) is 9.38 Å². The molecule has 1 saturated carbocycles. The summed E-state index contributed by atoms with van der Waals surface area (Å²) in [6.07, 6.45) is 2.43. The van der Waals surface area contributed by atoms with Gasteiger partial charge in [0.25, 0.3) is 0 Å². The van der Waals surface area contributed by atoms with Crippen molar-refractivity contribution in [2.75, 3.05) is 12.3 Å². The van der Waals surface area contributed by atoms with Crippen LogP contribution in [0.15, 0.2) is 71.5 Å². The van der Waals surface area contributed by atoms with Gasteiger partial charge in [-0.1, -0.05) is 48.5 Å². The Bertz CT molecular complexity index is 1650. The van der Waals surface area contributed by atoms with Crippen molar-refractivity contribution < 1.29 is 9.14 Å². The number of aromatic nitrogens is 5. The Morgan fingerprint density at radius 3 is 2.43 bits per heavy atom. The van der Waals surface area contributed by atoms with Gasteiger partial charge in [0.2, 0.25) is 5.65 Å². The Morgan fingerprint density at radius 1 is 1.00 bits per heavy atom. The second-order valence-corrected chi connectivity index (χ2v) is 9.72. The molecule has 3 heterocycles. The molecule has 0 radical (unpaired) electrons. The molecular formula is C29H29N6O2+. The summed E-state index contributed by atoms with van der Waals surface area (Å²) in [7, 11) is 0. The maximum Gasteiger partial charge on any atom is 0.428 e. The summed E-state index contributed by atoms with van der Waals surface area (Å²) >= 11 is 0. The van der Waals surface area contributed by atoms with Crippen LogP contribution in [-0.2, 0) is 6.54 Å². The molecule has 0 atom stereocenters. The zero-order valence-corrected chi connectivity index (χ0v) is 20.9. The molecule has 8 heteroatoms. The highest BCUT2D eigenvalue weighted by Gasteiger charge is 2.27. The fraction of sp³-hybridized carbons (Fsp3) is 0.241. The van der Waals surface area contributed by atoms with E-state index in [0.717, 1.165) is 39.4 Å². The third-order valence-electron chi connectivity index (χ3n) is 6.71. The highest BCUT2D eigenvalue weighted by molar-refractivity contribution is 5.88. The second-order valence-electron chi connectivity index (χ2n) is 9.72. The number of aryl methyl sites for hydroxylation is 2.